The molecule has 0 aliphatic rings. The van der Waals surface area contributed by atoms with E-state index in [0.29, 0.717) is 5.69 Å². The first-order valence-corrected chi connectivity index (χ1v) is 4.35. The maximum atomic E-state index is 12.5. The summed E-state index contributed by atoms with van der Waals surface area (Å²) < 4.78 is 29.5. The van der Waals surface area contributed by atoms with Crippen molar-refractivity contribution in [2.75, 3.05) is 7.11 Å². The lowest BCUT2D eigenvalue weighted by molar-refractivity contribution is -0.139. The van der Waals surface area contributed by atoms with Crippen molar-refractivity contribution in [1.29, 1.82) is 0 Å². The van der Waals surface area contributed by atoms with Crippen LogP contribution in [-0.4, -0.2) is 18.1 Å². The molecule has 0 radical (unpaired) electrons. The smallest absolute Gasteiger partial charge is 0.309 e. The average Bonchev–Trinajstić information content (AvgIpc) is 2.17. The van der Waals surface area contributed by atoms with Gasteiger partial charge in [-0.2, -0.15) is 0 Å². The van der Waals surface area contributed by atoms with Crippen LogP contribution in [0, 0.1) is 6.92 Å². The second kappa shape index (κ2) is 4.82. The summed E-state index contributed by atoms with van der Waals surface area (Å²) in [4.78, 5) is 14.7. The van der Waals surface area contributed by atoms with Gasteiger partial charge in [0, 0.05) is 17.5 Å². The molecule has 0 aliphatic carbocycles. The molecule has 0 atom stereocenters. The Morgan fingerprint density at radius 2 is 2.27 bits per heavy atom. The summed E-state index contributed by atoms with van der Waals surface area (Å²) in [7, 11) is 1.22. The molecule has 0 spiro atoms. The van der Waals surface area contributed by atoms with Gasteiger partial charge >= 0.3 is 5.97 Å². The second-order valence-electron chi connectivity index (χ2n) is 3.08. The normalized spacial score (nSPS) is 10.5. The molecule has 0 aliphatic heterocycles. The maximum absolute atomic E-state index is 12.5. The third-order valence-corrected chi connectivity index (χ3v) is 1.96. The third-order valence-electron chi connectivity index (χ3n) is 1.96. The number of esters is 1. The molecule has 1 rings (SSSR count). The number of hydrogen-bond donors (Lipinski definition) is 0. The molecule has 0 bridgehead atoms. The Hall–Kier alpha value is -1.52. The van der Waals surface area contributed by atoms with Crippen LogP contribution in [0.2, 0.25) is 0 Å². The first-order chi connectivity index (χ1) is 7.04. The van der Waals surface area contributed by atoms with Crippen LogP contribution in [0.1, 0.15) is 23.2 Å². The van der Waals surface area contributed by atoms with Gasteiger partial charge in [-0.3, -0.25) is 9.78 Å². The van der Waals surface area contributed by atoms with Crippen molar-refractivity contribution in [2.45, 2.75) is 19.8 Å². The number of hydrogen-bond acceptors (Lipinski definition) is 3. The van der Waals surface area contributed by atoms with E-state index < -0.39 is 12.4 Å². The predicted molar refractivity (Wildman–Crippen MR) is 49.7 cm³/mol. The monoisotopic (exact) mass is 215 g/mol. The minimum Gasteiger partial charge on any atom is -0.469 e. The Kier molecular flexibility index (Phi) is 3.71. The second-order valence-corrected chi connectivity index (χ2v) is 3.08. The first kappa shape index (κ1) is 11.6. The Morgan fingerprint density at radius 3 is 2.80 bits per heavy atom. The van der Waals surface area contributed by atoms with Gasteiger partial charge in [0.1, 0.15) is 0 Å². The lowest BCUT2D eigenvalue weighted by atomic mass is 10.1. The van der Waals surface area contributed by atoms with Crippen LogP contribution in [0.25, 0.3) is 0 Å². The lowest BCUT2D eigenvalue weighted by Gasteiger charge is -2.07. The molecule has 0 fully saturated rings. The van der Waals surface area contributed by atoms with Gasteiger partial charge in [0.25, 0.3) is 6.43 Å². The van der Waals surface area contributed by atoms with E-state index in [9.17, 15) is 13.6 Å². The summed E-state index contributed by atoms with van der Waals surface area (Å²) in [6.45, 7) is 1.68. The molecule has 0 unspecified atom stereocenters. The minimum absolute atomic E-state index is 0.153. The van der Waals surface area contributed by atoms with Crippen LogP contribution in [0.3, 0.4) is 0 Å². The minimum atomic E-state index is -2.63. The maximum Gasteiger partial charge on any atom is 0.309 e. The molecule has 3 nitrogen and oxygen atoms in total. The topological polar surface area (TPSA) is 39.2 Å². The number of rotatable bonds is 3. The summed E-state index contributed by atoms with van der Waals surface area (Å²) in [5.41, 5.74) is 0.647. The zero-order valence-electron chi connectivity index (χ0n) is 8.46. The van der Waals surface area contributed by atoms with Crippen molar-refractivity contribution in [3.8, 4) is 0 Å². The molecule has 0 amide bonds. The van der Waals surface area contributed by atoms with Crippen molar-refractivity contribution in [1.82, 2.24) is 4.98 Å². The van der Waals surface area contributed by atoms with E-state index in [2.05, 4.69) is 9.72 Å². The number of alkyl halides is 2. The van der Waals surface area contributed by atoms with Gasteiger partial charge in [0.2, 0.25) is 0 Å². The van der Waals surface area contributed by atoms with Crippen molar-refractivity contribution < 1.29 is 18.3 Å². The number of aryl methyl sites for hydroxylation is 1. The molecule has 0 saturated heterocycles. The zero-order valence-corrected chi connectivity index (χ0v) is 8.46. The van der Waals surface area contributed by atoms with Crippen LogP contribution < -0.4 is 0 Å². The summed E-state index contributed by atoms with van der Waals surface area (Å²) in [6.07, 6.45) is -1.68. The van der Waals surface area contributed by atoms with E-state index in [4.69, 9.17) is 0 Å². The highest BCUT2D eigenvalue weighted by Gasteiger charge is 2.16. The van der Waals surface area contributed by atoms with Gasteiger partial charge in [0.05, 0.1) is 13.5 Å². The zero-order chi connectivity index (χ0) is 11.4. The summed E-state index contributed by atoms with van der Waals surface area (Å²) in [5.74, 6) is -0.539. The standard InChI is InChI=1S/C10H11F2NO2/c1-6-3-7(4-9(14)15-2)8(5-13-6)10(11)12/h3,5,10H,4H2,1-2H3. The van der Waals surface area contributed by atoms with Gasteiger partial charge in [-0.05, 0) is 18.6 Å². The van der Waals surface area contributed by atoms with Gasteiger partial charge in [-0.1, -0.05) is 0 Å². The highest BCUT2D eigenvalue weighted by molar-refractivity contribution is 5.72. The number of ether oxygens (including phenoxy) is 1. The molecule has 15 heavy (non-hydrogen) atoms. The first-order valence-electron chi connectivity index (χ1n) is 4.35. The van der Waals surface area contributed by atoms with Crippen LogP contribution in [0.5, 0.6) is 0 Å². The van der Waals surface area contributed by atoms with Crippen LogP contribution in [-0.2, 0) is 16.0 Å². The molecule has 5 heteroatoms. The van der Waals surface area contributed by atoms with Gasteiger partial charge in [0.15, 0.2) is 0 Å². The number of pyridine rings is 1. The van der Waals surface area contributed by atoms with Crippen molar-refractivity contribution in [3.05, 3.63) is 29.1 Å². The molecule has 0 aromatic carbocycles. The number of aromatic nitrogens is 1. The fraction of sp³-hybridized carbons (Fsp3) is 0.400. The number of nitrogens with zero attached hydrogens (tertiary/aromatic N) is 1. The van der Waals surface area contributed by atoms with Crippen molar-refractivity contribution >= 4 is 5.97 Å². The summed E-state index contributed by atoms with van der Waals surface area (Å²) in [5, 5.41) is 0. The largest absolute Gasteiger partial charge is 0.469 e. The Balaban J connectivity index is 3.02. The van der Waals surface area contributed by atoms with E-state index >= 15 is 0 Å². The Bertz CT molecular complexity index is 366. The number of methoxy groups -OCH3 is 1. The van der Waals surface area contributed by atoms with E-state index in [1.165, 1.54) is 13.2 Å². The SMILES string of the molecule is COC(=O)Cc1cc(C)ncc1C(F)F. The lowest BCUT2D eigenvalue weighted by Crippen LogP contribution is -2.08. The van der Waals surface area contributed by atoms with E-state index in [1.54, 1.807) is 6.92 Å². The van der Waals surface area contributed by atoms with Gasteiger partial charge in [-0.25, -0.2) is 8.78 Å². The Labute approximate surface area is 86.1 Å². The van der Waals surface area contributed by atoms with Crippen LogP contribution >= 0.6 is 0 Å². The summed E-state index contributed by atoms with van der Waals surface area (Å²) in [6, 6.07) is 1.47. The molecule has 1 aromatic heterocycles. The molecular weight excluding hydrogens is 204 g/mol. The summed E-state index contributed by atoms with van der Waals surface area (Å²) >= 11 is 0. The van der Waals surface area contributed by atoms with E-state index in [-0.39, 0.29) is 17.5 Å². The fourth-order valence-corrected chi connectivity index (χ4v) is 1.20. The van der Waals surface area contributed by atoms with Gasteiger partial charge in [-0.15, -0.1) is 0 Å². The Morgan fingerprint density at radius 1 is 1.60 bits per heavy atom. The van der Waals surface area contributed by atoms with Crippen LogP contribution in [0.4, 0.5) is 8.78 Å². The van der Waals surface area contributed by atoms with E-state index in [0.717, 1.165) is 6.20 Å². The van der Waals surface area contributed by atoms with Crippen molar-refractivity contribution in [3.63, 3.8) is 0 Å². The van der Waals surface area contributed by atoms with Crippen molar-refractivity contribution in [2.24, 2.45) is 0 Å². The predicted octanol–water partition coefficient (Wildman–Crippen LogP) is 2.04. The fourth-order valence-electron chi connectivity index (χ4n) is 1.20. The van der Waals surface area contributed by atoms with E-state index in [1.807, 2.05) is 0 Å². The highest BCUT2D eigenvalue weighted by Crippen LogP contribution is 2.23. The number of carbonyl (C=O) groups is 1. The van der Waals surface area contributed by atoms with Crippen LogP contribution in [0.15, 0.2) is 12.3 Å². The molecule has 0 N–H and O–H groups in total. The molecule has 1 aromatic rings. The van der Waals surface area contributed by atoms with Gasteiger partial charge < -0.3 is 4.74 Å². The number of carbonyl (C=O) groups excluding carboxylic acids is 1. The number of halogens is 2. The molecule has 0 saturated carbocycles. The molecular formula is C10H11F2NO2. The quantitative estimate of drug-likeness (QED) is 0.724. The third kappa shape index (κ3) is 2.97. The highest BCUT2D eigenvalue weighted by atomic mass is 19.3. The average molecular weight is 215 g/mol. The molecule has 82 valence electrons. The molecule has 1 heterocycles.